The maximum Gasteiger partial charge on any atom is 0.290 e. The molecular weight excluding hydrogens is 324 g/mol. The molecule has 0 aromatic carbocycles. The fourth-order valence-electron chi connectivity index (χ4n) is 3.64. The van der Waals surface area contributed by atoms with Crippen molar-refractivity contribution in [1.29, 1.82) is 0 Å². The highest BCUT2D eigenvalue weighted by Gasteiger charge is 2.32. The maximum atomic E-state index is 13.0. The van der Waals surface area contributed by atoms with Gasteiger partial charge in [-0.05, 0) is 58.2 Å². The van der Waals surface area contributed by atoms with Gasteiger partial charge in [0.25, 0.3) is 5.91 Å². The smallest absolute Gasteiger partial charge is 0.290 e. The second-order valence-electron chi connectivity index (χ2n) is 6.59. The Balaban J connectivity index is 1.93. The second-order valence-corrected chi connectivity index (χ2v) is 7.03. The van der Waals surface area contributed by atoms with E-state index in [4.69, 9.17) is 22.4 Å². The number of thiocarbonyl (C=S) groups is 1. The fraction of sp³-hybridized carbons (Fsp3) is 0.588. The molecule has 24 heavy (non-hydrogen) atoms. The Morgan fingerprint density at radius 3 is 2.88 bits per heavy atom. The van der Waals surface area contributed by atoms with Crippen LogP contribution in [0.25, 0.3) is 0 Å². The Labute approximate surface area is 147 Å². The molecule has 1 atom stereocenters. The van der Waals surface area contributed by atoms with Crippen LogP contribution in [0.15, 0.2) is 9.52 Å². The van der Waals surface area contributed by atoms with Gasteiger partial charge in [0.2, 0.25) is 0 Å². The lowest BCUT2D eigenvalue weighted by Crippen LogP contribution is -2.42. The van der Waals surface area contributed by atoms with Gasteiger partial charge in [-0.1, -0.05) is 0 Å². The average molecular weight is 348 g/mol. The van der Waals surface area contributed by atoms with Crippen molar-refractivity contribution in [2.75, 3.05) is 6.54 Å². The number of piperidine rings is 1. The van der Waals surface area contributed by atoms with E-state index in [0.717, 1.165) is 61.2 Å². The van der Waals surface area contributed by atoms with Crippen molar-refractivity contribution in [2.45, 2.75) is 58.4 Å². The van der Waals surface area contributed by atoms with Crippen LogP contribution >= 0.6 is 12.2 Å². The highest BCUT2D eigenvalue weighted by molar-refractivity contribution is 7.80. The number of carbonyl (C=O) groups is 1. The van der Waals surface area contributed by atoms with Gasteiger partial charge in [-0.3, -0.25) is 10.2 Å². The molecular formula is C17H24N4O2S. The lowest BCUT2D eigenvalue weighted by atomic mass is 9.93. The molecule has 1 amide bonds. The first-order valence-electron chi connectivity index (χ1n) is 8.54. The number of furan rings is 1. The van der Waals surface area contributed by atoms with Gasteiger partial charge in [-0.25, -0.2) is 0 Å². The Morgan fingerprint density at radius 1 is 1.38 bits per heavy atom. The van der Waals surface area contributed by atoms with Crippen LogP contribution in [0.3, 0.4) is 0 Å². The molecule has 1 unspecified atom stereocenters. The predicted molar refractivity (Wildman–Crippen MR) is 97.2 cm³/mol. The van der Waals surface area contributed by atoms with Crippen LogP contribution in [0.4, 0.5) is 0 Å². The van der Waals surface area contributed by atoms with Crippen molar-refractivity contribution in [1.82, 2.24) is 10.3 Å². The third-order valence-corrected chi connectivity index (χ3v) is 4.98. The van der Waals surface area contributed by atoms with Gasteiger partial charge in [-0.15, -0.1) is 0 Å². The Hall–Kier alpha value is -1.89. The summed E-state index contributed by atoms with van der Waals surface area (Å²) in [6.07, 6.45) is 5.86. The molecule has 7 heteroatoms. The minimum absolute atomic E-state index is 0.00393. The summed E-state index contributed by atoms with van der Waals surface area (Å²) in [7, 11) is 0. The standard InChI is InChI=1S/C17H24N4O2S/c1-10-6-3-4-9-21(10)16(22)15-11(2)14-12(19-20-17(18)24)7-5-8-13(14)23-15/h10H,3-9H2,1-2H3,(H3,18,20,24)/b19-12+. The minimum Gasteiger partial charge on any atom is -0.455 e. The zero-order valence-electron chi connectivity index (χ0n) is 14.2. The van der Waals surface area contributed by atoms with Crippen LogP contribution in [-0.2, 0) is 6.42 Å². The molecule has 6 nitrogen and oxygen atoms in total. The highest BCUT2D eigenvalue weighted by Crippen LogP contribution is 2.31. The molecule has 130 valence electrons. The number of hydrazone groups is 1. The normalized spacial score (nSPS) is 22.3. The second kappa shape index (κ2) is 6.93. The van der Waals surface area contributed by atoms with Crippen molar-refractivity contribution < 1.29 is 9.21 Å². The third-order valence-electron chi connectivity index (χ3n) is 4.88. The van der Waals surface area contributed by atoms with Crippen LogP contribution in [-0.4, -0.2) is 34.2 Å². The van der Waals surface area contributed by atoms with E-state index in [2.05, 4.69) is 17.5 Å². The molecule has 1 fully saturated rings. The zero-order valence-corrected chi connectivity index (χ0v) is 15.0. The molecule has 1 aromatic heterocycles. The van der Waals surface area contributed by atoms with E-state index in [0.29, 0.717) is 5.76 Å². The molecule has 1 aliphatic carbocycles. The number of hydrogen-bond donors (Lipinski definition) is 2. The third kappa shape index (κ3) is 3.17. The number of nitrogens with zero attached hydrogens (tertiary/aromatic N) is 2. The minimum atomic E-state index is -0.00393. The van der Waals surface area contributed by atoms with E-state index >= 15 is 0 Å². The van der Waals surface area contributed by atoms with Crippen molar-refractivity contribution in [3.05, 3.63) is 22.6 Å². The lowest BCUT2D eigenvalue weighted by molar-refractivity contribution is 0.0600. The summed E-state index contributed by atoms with van der Waals surface area (Å²) in [5, 5.41) is 4.43. The molecule has 0 spiro atoms. The summed E-state index contributed by atoms with van der Waals surface area (Å²) < 4.78 is 5.97. The van der Waals surface area contributed by atoms with Crippen molar-refractivity contribution in [3.63, 3.8) is 0 Å². The number of aryl methyl sites for hydroxylation is 1. The number of nitrogens with one attached hydrogen (secondary N) is 1. The van der Waals surface area contributed by atoms with Gasteiger partial charge in [0.15, 0.2) is 10.9 Å². The van der Waals surface area contributed by atoms with E-state index in [9.17, 15) is 4.79 Å². The van der Waals surface area contributed by atoms with Gasteiger partial charge >= 0.3 is 0 Å². The van der Waals surface area contributed by atoms with Crippen molar-refractivity contribution in [2.24, 2.45) is 10.8 Å². The van der Waals surface area contributed by atoms with Crippen LogP contribution in [0.5, 0.6) is 0 Å². The maximum absolute atomic E-state index is 13.0. The van der Waals surface area contributed by atoms with Crippen LogP contribution in [0.1, 0.15) is 66.5 Å². The Morgan fingerprint density at radius 2 is 2.17 bits per heavy atom. The summed E-state index contributed by atoms with van der Waals surface area (Å²) in [5.74, 6) is 1.30. The van der Waals surface area contributed by atoms with Crippen LogP contribution in [0, 0.1) is 6.92 Å². The van der Waals surface area contributed by atoms with Gasteiger partial charge in [0, 0.05) is 30.1 Å². The number of likely N-dealkylation sites (tertiary alicyclic amines) is 1. The topological polar surface area (TPSA) is 83.9 Å². The molecule has 3 rings (SSSR count). The Kier molecular flexibility index (Phi) is 4.89. The monoisotopic (exact) mass is 348 g/mol. The zero-order chi connectivity index (χ0) is 17.3. The fourth-order valence-corrected chi connectivity index (χ4v) is 3.68. The van der Waals surface area contributed by atoms with E-state index in [1.165, 1.54) is 6.42 Å². The molecule has 1 aliphatic heterocycles. The lowest BCUT2D eigenvalue weighted by Gasteiger charge is -2.32. The van der Waals surface area contributed by atoms with E-state index in [-0.39, 0.29) is 17.1 Å². The number of hydrogen-bond acceptors (Lipinski definition) is 4. The number of nitrogens with two attached hydrogens (primary N) is 1. The first-order valence-corrected chi connectivity index (χ1v) is 8.95. The summed E-state index contributed by atoms with van der Waals surface area (Å²) in [5.41, 5.74) is 10.8. The predicted octanol–water partition coefficient (Wildman–Crippen LogP) is 2.48. The SMILES string of the molecule is Cc1c(C(=O)N2CCCCC2C)oc2c1/C(=N/NC(N)=S)CCC2. The number of amides is 1. The molecule has 1 aromatic rings. The Bertz CT molecular complexity index is 695. The van der Waals surface area contributed by atoms with Gasteiger partial charge in [-0.2, -0.15) is 5.10 Å². The summed E-state index contributed by atoms with van der Waals surface area (Å²) in [4.78, 5) is 14.9. The van der Waals surface area contributed by atoms with E-state index in [1.807, 2.05) is 11.8 Å². The highest BCUT2D eigenvalue weighted by atomic mass is 32.1. The summed E-state index contributed by atoms with van der Waals surface area (Å²) in [6.45, 7) is 4.84. The first-order chi connectivity index (χ1) is 11.5. The average Bonchev–Trinajstić information content (AvgIpc) is 2.90. The van der Waals surface area contributed by atoms with Gasteiger partial charge < -0.3 is 15.1 Å². The number of rotatable bonds is 2. The van der Waals surface area contributed by atoms with E-state index < -0.39 is 0 Å². The molecule has 0 saturated carbocycles. The number of fused-ring (bicyclic) bond motifs is 1. The van der Waals surface area contributed by atoms with Crippen LogP contribution in [0.2, 0.25) is 0 Å². The molecule has 1 saturated heterocycles. The molecule has 3 N–H and O–H groups in total. The number of carbonyl (C=O) groups excluding carboxylic acids is 1. The van der Waals surface area contributed by atoms with Crippen LogP contribution < -0.4 is 11.2 Å². The van der Waals surface area contributed by atoms with Crippen molar-refractivity contribution >= 4 is 28.9 Å². The largest absolute Gasteiger partial charge is 0.455 e. The summed E-state index contributed by atoms with van der Waals surface area (Å²) in [6, 6.07) is 0.261. The first kappa shape index (κ1) is 17.0. The molecule has 0 bridgehead atoms. The van der Waals surface area contributed by atoms with E-state index in [1.54, 1.807) is 0 Å². The molecule has 0 radical (unpaired) electrons. The summed E-state index contributed by atoms with van der Waals surface area (Å²) >= 11 is 4.82. The quantitative estimate of drug-likeness (QED) is 0.634. The molecule has 2 aliphatic rings. The molecule has 2 heterocycles. The van der Waals surface area contributed by atoms with Gasteiger partial charge in [0.1, 0.15) is 5.76 Å². The van der Waals surface area contributed by atoms with Gasteiger partial charge in [0.05, 0.1) is 5.71 Å². The van der Waals surface area contributed by atoms with Crippen molar-refractivity contribution in [3.8, 4) is 0 Å².